The molecule has 4 heteroatoms. The lowest BCUT2D eigenvalue weighted by Gasteiger charge is -2.16. The zero-order valence-corrected chi connectivity index (χ0v) is 14.2. The van der Waals surface area contributed by atoms with E-state index in [1.807, 2.05) is 49.4 Å². The van der Waals surface area contributed by atoms with Crippen LogP contribution in [0.2, 0.25) is 0 Å². The number of amides is 1. The van der Waals surface area contributed by atoms with Gasteiger partial charge in [-0.1, -0.05) is 54.6 Å². The lowest BCUT2D eigenvalue weighted by Crippen LogP contribution is -2.27. The lowest BCUT2D eigenvalue weighted by molar-refractivity contribution is 0.0912. The van der Waals surface area contributed by atoms with E-state index in [4.69, 9.17) is 4.42 Å². The number of rotatable bonds is 3. The van der Waals surface area contributed by atoms with Crippen LogP contribution in [0.1, 0.15) is 29.1 Å². The van der Waals surface area contributed by atoms with E-state index in [1.165, 1.54) is 6.07 Å². The minimum absolute atomic E-state index is 0.0146. The van der Waals surface area contributed by atoms with Gasteiger partial charge in [0.15, 0.2) is 11.2 Å². The van der Waals surface area contributed by atoms with E-state index in [-0.39, 0.29) is 17.2 Å². The van der Waals surface area contributed by atoms with E-state index in [2.05, 4.69) is 5.32 Å². The van der Waals surface area contributed by atoms with Crippen LogP contribution in [0.4, 0.5) is 0 Å². The molecule has 4 aromatic rings. The summed E-state index contributed by atoms with van der Waals surface area (Å²) in [6.07, 6.45) is 0. The molecule has 1 N–H and O–H groups in total. The van der Waals surface area contributed by atoms with Gasteiger partial charge < -0.3 is 9.73 Å². The molecule has 1 atom stereocenters. The van der Waals surface area contributed by atoms with Crippen molar-refractivity contribution in [2.24, 2.45) is 0 Å². The SMILES string of the molecule is C[C@H](NC(=O)c1cc(=O)c2ccccc2o1)c1cccc2ccccc12. The van der Waals surface area contributed by atoms with Crippen molar-refractivity contribution in [1.29, 1.82) is 0 Å². The molecule has 0 spiro atoms. The first kappa shape index (κ1) is 16.1. The Balaban J connectivity index is 1.66. The fourth-order valence-electron chi connectivity index (χ4n) is 3.19. The molecular formula is C22H17NO3. The zero-order valence-electron chi connectivity index (χ0n) is 14.2. The fourth-order valence-corrected chi connectivity index (χ4v) is 3.19. The third kappa shape index (κ3) is 2.86. The van der Waals surface area contributed by atoms with Crippen LogP contribution in [0, 0.1) is 0 Å². The van der Waals surface area contributed by atoms with Crippen molar-refractivity contribution in [3.05, 3.63) is 94.3 Å². The van der Waals surface area contributed by atoms with E-state index in [0.29, 0.717) is 11.0 Å². The van der Waals surface area contributed by atoms with Gasteiger partial charge in [-0.3, -0.25) is 9.59 Å². The van der Waals surface area contributed by atoms with Crippen LogP contribution < -0.4 is 10.7 Å². The van der Waals surface area contributed by atoms with Crippen LogP contribution in [-0.2, 0) is 0 Å². The van der Waals surface area contributed by atoms with Crippen LogP contribution in [0.15, 0.2) is 82.0 Å². The maximum Gasteiger partial charge on any atom is 0.287 e. The summed E-state index contributed by atoms with van der Waals surface area (Å²) < 4.78 is 5.62. The van der Waals surface area contributed by atoms with Gasteiger partial charge in [0.1, 0.15) is 5.58 Å². The van der Waals surface area contributed by atoms with Crippen LogP contribution in [0.3, 0.4) is 0 Å². The Labute approximate surface area is 150 Å². The van der Waals surface area contributed by atoms with E-state index >= 15 is 0 Å². The summed E-state index contributed by atoms with van der Waals surface area (Å²) in [5.74, 6) is -0.394. The van der Waals surface area contributed by atoms with Crippen molar-refractivity contribution in [1.82, 2.24) is 5.32 Å². The third-order valence-corrected chi connectivity index (χ3v) is 4.50. The molecule has 26 heavy (non-hydrogen) atoms. The second-order valence-corrected chi connectivity index (χ2v) is 6.23. The summed E-state index contributed by atoms with van der Waals surface area (Å²) in [6, 6.07) is 21.9. The Morgan fingerprint density at radius 2 is 1.62 bits per heavy atom. The highest BCUT2D eigenvalue weighted by Crippen LogP contribution is 2.24. The third-order valence-electron chi connectivity index (χ3n) is 4.50. The molecule has 1 amide bonds. The van der Waals surface area contributed by atoms with Gasteiger partial charge in [0, 0.05) is 6.07 Å². The number of carbonyl (C=O) groups is 1. The van der Waals surface area contributed by atoms with Gasteiger partial charge >= 0.3 is 0 Å². The summed E-state index contributed by atoms with van der Waals surface area (Å²) in [4.78, 5) is 24.8. The first-order valence-corrected chi connectivity index (χ1v) is 8.45. The average Bonchev–Trinajstić information content (AvgIpc) is 2.67. The van der Waals surface area contributed by atoms with Gasteiger partial charge in [-0.15, -0.1) is 0 Å². The Hall–Kier alpha value is -3.40. The first-order chi connectivity index (χ1) is 12.6. The smallest absolute Gasteiger partial charge is 0.287 e. The molecule has 0 fully saturated rings. The minimum Gasteiger partial charge on any atom is -0.451 e. The summed E-state index contributed by atoms with van der Waals surface area (Å²) in [6.45, 7) is 1.92. The van der Waals surface area contributed by atoms with Crippen molar-refractivity contribution in [2.45, 2.75) is 13.0 Å². The van der Waals surface area contributed by atoms with Gasteiger partial charge in [0.2, 0.25) is 0 Å². The molecule has 4 nitrogen and oxygen atoms in total. The molecule has 0 aliphatic rings. The topological polar surface area (TPSA) is 59.3 Å². The fraction of sp³-hybridized carbons (Fsp3) is 0.0909. The Morgan fingerprint density at radius 1 is 0.923 bits per heavy atom. The summed E-state index contributed by atoms with van der Waals surface area (Å²) >= 11 is 0. The molecular weight excluding hydrogens is 326 g/mol. The number of para-hydroxylation sites is 1. The molecule has 0 unspecified atom stereocenters. The monoisotopic (exact) mass is 343 g/mol. The Kier molecular flexibility index (Phi) is 4.01. The van der Waals surface area contributed by atoms with Crippen LogP contribution in [0.5, 0.6) is 0 Å². The molecule has 0 saturated heterocycles. The molecule has 1 heterocycles. The number of hydrogen-bond acceptors (Lipinski definition) is 3. The van der Waals surface area contributed by atoms with Gasteiger partial charge in [-0.25, -0.2) is 0 Å². The lowest BCUT2D eigenvalue weighted by atomic mass is 9.99. The highest BCUT2D eigenvalue weighted by Gasteiger charge is 2.16. The number of fused-ring (bicyclic) bond motifs is 2. The van der Waals surface area contributed by atoms with E-state index in [1.54, 1.807) is 24.3 Å². The van der Waals surface area contributed by atoms with Gasteiger partial charge in [0.05, 0.1) is 11.4 Å². The van der Waals surface area contributed by atoms with E-state index in [9.17, 15) is 9.59 Å². The van der Waals surface area contributed by atoms with Crippen LogP contribution in [0.25, 0.3) is 21.7 Å². The quantitative estimate of drug-likeness (QED) is 0.598. The summed E-state index contributed by atoms with van der Waals surface area (Å²) in [5, 5.41) is 5.59. The highest BCUT2D eigenvalue weighted by atomic mass is 16.3. The molecule has 0 aliphatic carbocycles. The second kappa shape index (κ2) is 6.48. The second-order valence-electron chi connectivity index (χ2n) is 6.23. The van der Waals surface area contributed by atoms with Gasteiger partial charge in [0.25, 0.3) is 5.91 Å². The predicted octanol–water partition coefficient (Wildman–Crippen LogP) is 4.44. The molecule has 4 rings (SSSR count). The van der Waals surface area contributed by atoms with Crippen molar-refractivity contribution in [2.75, 3.05) is 0 Å². The largest absolute Gasteiger partial charge is 0.451 e. The molecule has 128 valence electrons. The van der Waals surface area contributed by atoms with Crippen LogP contribution in [-0.4, -0.2) is 5.91 Å². The summed E-state index contributed by atoms with van der Waals surface area (Å²) in [5.41, 5.74) is 1.19. The summed E-state index contributed by atoms with van der Waals surface area (Å²) in [7, 11) is 0. The number of benzene rings is 3. The first-order valence-electron chi connectivity index (χ1n) is 8.45. The van der Waals surface area contributed by atoms with Crippen molar-refractivity contribution >= 4 is 27.6 Å². The van der Waals surface area contributed by atoms with Crippen molar-refractivity contribution < 1.29 is 9.21 Å². The van der Waals surface area contributed by atoms with Crippen LogP contribution >= 0.6 is 0 Å². The molecule has 0 bridgehead atoms. The number of nitrogens with one attached hydrogen (secondary N) is 1. The Bertz CT molecular complexity index is 1170. The Morgan fingerprint density at radius 3 is 2.46 bits per heavy atom. The van der Waals surface area contributed by atoms with Crippen molar-refractivity contribution in [3.8, 4) is 0 Å². The highest BCUT2D eigenvalue weighted by molar-refractivity contribution is 5.94. The molecule has 3 aromatic carbocycles. The molecule has 0 saturated carbocycles. The van der Waals surface area contributed by atoms with Crippen molar-refractivity contribution in [3.63, 3.8) is 0 Å². The van der Waals surface area contributed by atoms with E-state index in [0.717, 1.165) is 16.3 Å². The standard InChI is InChI=1S/C22H17NO3/c1-14(16-11-6-8-15-7-2-3-9-17(15)16)23-22(25)21-13-19(24)18-10-4-5-12-20(18)26-21/h2-14H,1H3,(H,23,25)/t14-/m0/s1. The maximum absolute atomic E-state index is 12.6. The normalized spacial score (nSPS) is 12.2. The zero-order chi connectivity index (χ0) is 18.1. The predicted molar refractivity (Wildman–Crippen MR) is 102 cm³/mol. The maximum atomic E-state index is 12.6. The molecule has 0 radical (unpaired) electrons. The molecule has 1 aromatic heterocycles. The average molecular weight is 343 g/mol. The number of carbonyl (C=O) groups excluding carboxylic acids is 1. The van der Waals surface area contributed by atoms with Gasteiger partial charge in [-0.05, 0) is 35.4 Å². The molecule has 0 aliphatic heterocycles. The van der Waals surface area contributed by atoms with E-state index < -0.39 is 5.91 Å². The van der Waals surface area contributed by atoms with Gasteiger partial charge in [-0.2, -0.15) is 0 Å². The minimum atomic E-state index is -0.409. The number of hydrogen-bond donors (Lipinski definition) is 1.